The van der Waals surface area contributed by atoms with E-state index in [-0.39, 0.29) is 0 Å². The van der Waals surface area contributed by atoms with Gasteiger partial charge >= 0.3 is 0 Å². The van der Waals surface area contributed by atoms with E-state index in [1.807, 2.05) is 19.9 Å². The second-order valence-corrected chi connectivity index (χ2v) is 5.90. The number of benzene rings is 2. The van der Waals surface area contributed by atoms with Gasteiger partial charge in [-0.05, 0) is 31.0 Å². The van der Waals surface area contributed by atoms with E-state index in [9.17, 15) is 15.0 Å². The van der Waals surface area contributed by atoms with Crippen LogP contribution in [0, 0.1) is 13.8 Å². The molecule has 2 atom stereocenters. The number of aryl methyl sites for hydroxylation is 2. The van der Waals surface area contributed by atoms with Crippen LogP contribution in [0.25, 0.3) is 0 Å². The molecule has 0 saturated carbocycles. The Morgan fingerprint density at radius 2 is 1.67 bits per heavy atom. The second kappa shape index (κ2) is 3.53. The van der Waals surface area contributed by atoms with Gasteiger partial charge in [0.15, 0.2) is 0 Å². The predicted molar refractivity (Wildman–Crippen MR) is 78.1 cm³/mol. The van der Waals surface area contributed by atoms with Crippen LogP contribution in [0.1, 0.15) is 32.6 Å². The summed E-state index contributed by atoms with van der Waals surface area (Å²) in [6.45, 7) is 3.87. The number of nitrogens with one attached hydrogen (secondary N) is 1. The summed E-state index contributed by atoms with van der Waals surface area (Å²) in [5, 5.41) is 25.1. The van der Waals surface area contributed by atoms with Crippen LogP contribution >= 0.6 is 0 Å². The maximum atomic E-state index is 12.7. The van der Waals surface area contributed by atoms with Gasteiger partial charge < -0.3 is 15.5 Å². The van der Waals surface area contributed by atoms with Gasteiger partial charge in [-0.1, -0.05) is 30.3 Å². The van der Waals surface area contributed by atoms with E-state index in [0.29, 0.717) is 22.4 Å². The van der Waals surface area contributed by atoms with Crippen LogP contribution < -0.4 is 5.32 Å². The molecule has 2 aromatic rings. The monoisotopic (exact) mass is 281 g/mol. The van der Waals surface area contributed by atoms with Gasteiger partial charge in [-0.25, -0.2) is 0 Å². The zero-order valence-electron chi connectivity index (χ0n) is 11.8. The molecule has 4 nitrogen and oxygen atoms in total. The highest BCUT2D eigenvalue weighted by Gasteiger charge is 2.67. The Hall–Kier alpha value is -2.17. The highest BCUT2D eigenvalue weighted by molar-refractivity contribution is 6.11. The molecular weight excluding hydrogens is 266 g/mol. The number of Topliss-reactive ketones (excluding diaryl/α,β-unsaturated/α-hetero) is 1. The van der Waals surface area contributed by atoms with Crippen LogP contribution in [0.5, 0.6) is 0 Å². The molecule has 0 saturated heterocycles. The van der Waals surface area contributed by atoms with E-state index in [1.165, 1.54) is 0 Å². The van der Waals surface area contributed by atoms with Gasteiger partial charge in [-0.2, -0.15) is 0 Å². The molecule has 0 amide bonds. The van der Waals surface area contributed by atoms with Gasteiger partial charge in [0.1, 0.15) is 0 Å². The number of aliphatic hydroxyl groups is 2. The summed E-state index contributed by atoms with van der Waals surface area (Å²) in [5.41, 5.74) is 0.0579. The van der Waals surface area contributed by atoms with Crippen LogP contribution in [0.4, 0.5) is 5.69 Å². The molecule has 1 aliphatic carbocycles. The first-order valence-corrected chi connectivity index (χ1v) is 6.88. The quantitative estimate of drug-likeness (QED) is 0.690. The van der Waals surface area contributed by atoms with Gasteiger partial charge in [0.2, 0.25) is 17.1 Å². The summed E-state index contributed by atoms with van der Waals surface area (Å²) in [6.07, 6.45) is 0. The molecule has 1 aliphatic heterocycles. The van der Waals surface area contributed by atoms with Crippen molar-refractivity contribution in [1.82, 2.24) is 0 Å². The zero-order valence-corrected chi connectivity index (χ0v) is 11.8. The normalized spacial score (nSPS) is 28.9. The number of hydrogen-bond donors (Lipinski definition) is 3. The molecule has 0 aromatic heterocycles. The summed E-state index contributed by atoms with van der Waals surface area (Å²) in [5.74, 6) is -0.463. The third-order valence-electron chi connectivity index (χ3n) is 4.75. The molecule has 0 fully saturated rings. The number of anilines is 1. The largest absolute Gasteiger partial charge is 0.373 e. The number of ketones is 1. The fourth-order valence-electron chi connectivity index (χ4n) is 3.44. The van der Waals surface area contributed by atoms with E-state index in [1.54, 1.807) is 30.3 Å². The Morgan fingerprint density at radius 1 is 1.00 bits per heavy atom. The van der Waals surface area contributed by atoms with Crippen molar-refractivity contribution in [2.24, 2.45) is 0 Å². The van der Waals surface area contributed by atoms with Gasteiger partial charge in [0.05, 0.1) is 0 Å². The van der Waals surface area contributed by atoms with Gasteiger partial charge in [0.25, 0.3) is 0 Å². The molecule has 4 rings (SSSR count). The zero-order chi connectivity index (χ0) is 15.0. The van der Waals surface area contributed by atoms with Crippen molar-refractivity contribution < 1.29 is 15.0 Å². The van der Waals surface area contributed by atoms with E-state index >= 15 is 0 Å². The molecule has 106 valence electrons. The summed E-state index contributed by atoms with van der Waals surface area (Å²) in [6, 6.07) is 10.4. The van der Waals surface area contributed by atoms with E-state index in [0.717, 1.165) is 11.1 Å². The average molecular weight is 281 g/mol. The SMILES string of the molecule is Cc1cc2c(cc1C)C1(O)C(=O)c3ccccc3C1(O)N2. The second-order valence-electron chi connectivity index (χ2n) is 5.90. The maximum Gasteiger partial charge on any atom is 0.207 e. The fourth-order valence-corrected chi connectivity index (χ4v) is 3.44. The third kappa shape index (κ3) is 1.21. The van der Waals surface area contributed by atoms with Crippen molar-refractivity contribution in [1.29, 1.82) is 0 Å². The summed E-state index contributed by atoms with van der Waals surface area (Å²) in [4.78, 5) is 12.7. The lowest BCUT2D eigenvalue weighted by Crippen LogP contribution is -2.49. The third-order valence-corrected chi connectivity index (χ3v) is 4.75. The van der Waals surface area contributed by atoms with Crippen LogP contribution in [-0.2, 0) is 11.3 Å². The van der Waals surface area contributed by atoms with Crippen LogP contribution in [0.2, 0.25) is 0 Å². The van der Waals surface area contributed by atoms with E-state index in [2.05, 4.69) is 5.32 Å². The number of rotatable bonds is 0. The molecule has 3 N–H and O–H groups in total. The van der Waals surface area contributed by atoms with Crippen molar-refractivity contribution in [3.8, 4) is 0 Å². The minimum absolute atomic E-state index is 0.360. The fraction of sp³-hybridized carbons (Fsp3) is 0.235. The van der Waals surface area contributed by atoms with Crippen molar-refractivity contribution >= 4 is 11.5 Å². The van der Waals surface area contributed by atoms with Gasteiger partial charge in [-0.15, -0.1) is 0 Å². The van der Waals surface area contributed by atoms with Crippen molar-refractivity contribution in [3.05, 3.63) is 64.2 Å². The molecule has 0 radical (unpaired) electrons. The lowest BCUT2D eigenvalue weighted by Gasteiger charge is -2.30. The first-order valence-electron chi connectivity index (χ1n) is 6.88. The van der Waals surface area contributed by atoms with E-state index < -0.39 is 17.1 Å². The Bertz CT molecular complexity index is 814. The first kappa shape index (κ1) is 12.6. The topological polar surface area (TPSA) is 69.6 Å². The Morgan fingerprint density at radius 3 is 2.43 bits per heavy atom. The summed E-state index contributed by atoms with van der Waals surface area (Å²) >= 11 is 0. The van der Waals surface area contributed by atoms with Crippen LogP contribution in [0.15, 0.2) is 36.4 Å². The Balaban J connectivity index is 2.06. The van der Waals surface area contributed by atoms with E-state index in [4.69, 9.17) is 0 Å². The number of carbonyl (C=O) groups excluding carboxylic acids is 1. The van der Waals surface area contributed by atoms with Crippen molar-refractivity contribution in [2.45, 2.75) is 25.2 Å². The Kier molecular flexibility index (Phi) is 2.11. The lowest BCUT2D eigenvalue weighted by atomic mass is 9.85. The molecule has 1 heterocycles. The predicted octanol–water partition coefficient (Wildman–Crippen LogP) is 1.96. The molecule has 0 bridgehead atoms. The first-order chi connectivity index (χ1) is 9.89. The van der Waals surface area contributed by atoms with Crippen LogP contribution in [-0.4, -0.2) is 16.0 Å². The van der Waals surface area contributed by atoms with Gasteiger partial charge in [0, 0.05) is 22.4 Å². The molecule has 2 unspecified atom stereocenters. The molecule has 0 spiro atoms. The minimum atomic E-state index is -1.97. The van der Waals surface area contributed by atoms with Gasteiger partial charge in [-0.3, -0.25) is 4.79 Å². The van der Waals surface area contributed by atoms with Crippen molar-refractivity contribution in [2.75, 3.05) is 5.32 Å². The minimum Gasteiger partial charge on any atom is -0.373 e. The van der Waals surface area contributed by atoms with Crippen LogP contribution in [0.3, 0.4) is 0 Å². The lowest BCUT2D eigenvalue weighted by molar-refractivity contribution is -0.101. The molecule has 4 heteroatoms. The summed E-state index contributed by atoms with van der Waals surface area (Å²) < 4.78 is 0. The number of hydrogen-bond acceptors (Lipinski definition) is 4. The number of carbonyl (C=O) groups is 1. The standard InChI is InChI=1S/C17H15NO3/c1-9-7-13-14(8-10(9)2)18-17(21)12-6-4-3-5-11(12)15(19)16(13,17)20/h3-8,18,20-21H,1-2H3. The molecule has 2 aliphatic rings. The highest BCUT2D eigenvalue weighted by atomic mass is 16.4. The molecule has 21 heavy (non-hydrogen) atoms. The molecular formula is C17H15NO3. The number of fused-ring (bicyclic) bond motifs is 5. The highest BCUT2D eigenvalue weighted by Crippen LogP contribution is 2.56. The molecule has 2 aromatic carbocycles. The smallest absolute Gasteiger partial charge is 0.207 e. The van der Waals surface area contributed by atoms with Crippen molar-refractivity contribution in [3.63, 3.8) is 0 Å². The maximum absolute atomic E-state index is 12.7. The average Bonchev–Trinajstić information content (AvgIpc) is 2.78. The summed E-state index contributed by atoms with van der Waals surface area (Å²) in [7, 11) is 0. The Labute approximate surface area is 122 Å².